The number of hydrogen-bond acceptors (Lipinski definition) is 4. The third-order valence-electron chi connectivity index (χ3n) is 14.3. The summed E-state index contributed by atoms with van der Waals surface area (Å²) in [5, 5.41) is 0. The monoisotopic (exact) mass is 783 g/mol. The highest BCUT2D eigenvalue weighted by molar-refractivity contribution is 5.96. The van der Waals surface area contributed by atoms with Crippen molar-refractivity contribution in [1.29, 1.82) is 0 Å². The Balaban J connectivity index is 1.08. The average Bonchev–Trinajstić information content (AvgIpc) is 3.84. The Morgan fingerprint density at radius 3 is 1.25 bits per heavy atom. The maximum atomic E-state index is 7.13. The minimum atomic E-state index is -0.255. The summed E-state index contributed by atoms with van der Waals surface area (Å²) in [5.41, 5.74) is 22.2. The van der Waals surface area contributed by atoms with Crippen molar-refractivity contribution in [3.8, 4) is 67.5 Å². The van der Waals surface area contributed by atoms with Gasteiger partial charge in [-0.25, -0.2) is 0 Å². The van der Waals surface area contributed by atoms with Gasteiger partial charge in [0.15, 0.2) is 11.5 Å². The summed E-state index contributed by atoms with van der Waals surface area (Å²) in [5.74, 6) is 5.58. The molecule has 4 heteroatoms. The summed E-state index contributed by atoms with van der Waals surface area (Å²) in [7, 11) is 0. The van der Waals surface area contributed by atoms with E-state index in [4.69, 9.17) is 13.6 Å². The van der Waals surface area contributed by atoms with Crippen molar-refractivity contribution in [2.45, 2.75) is 80.1 Å². The summed E-state index contributed by atoms with van der Waals surface area (Å²) >= 11 is 0. The van der Waals surface area contributed by atoms with Crippen molar-refractivity contribution in [2.24, 2.45) is 0 Å². The minimum Gasteiger partial charge on any atom is -0.461 e. The van der Waals surface area contributed by atoms with E-state index in [1.165, 1.54) is 77.9 Å². The molecular weight excluding hydrogens is 735 g/mol. The van der Waals surface area contributed by atoms with Crippen LogP contribution in [0.15, 0.2) is 124 Å². The van der Waals surface area contributed by atoms with E-state index in [1.807, 2.05) is 0 Å². The molecule has 0 radical (unpaired) electrons. The van der Waals surface area contributed by atoms with Crippen LogP contribution in [0.2, 0.25) is 0 Å². The number of rotatable bonds is 4. The molecule has 0 N–H and O–H groups in total. The summed E-state index contributed by atoms with van der Waals surface area (Å²) in [6.45, 7) is 22.1. The van der Waals surface area contributed by atoms with Crippen molar-refractivity contribution >= 4 is 17.1 Å². The summed E-state index contributed by atoms with van der Waals surface area (Å²) in [6, 6.07) is 42.6. The van der Waals surface area contributed by atoms with Crippen LogP contribution < -0.4 is 9.64 Å². The molecule has 3 heterocycles. The summed E-state index contributed by atoms with van der Waals surface area (Å²) < 4.78 is 19.8. The lowest BCUT2D eigenvalue weighted by atomic mass is 9.81. The quantitative estimate of drug-likeness (QED) is 0.178. The zero-order valence-corrected chi connectivity index (χ0v) is 36.1. The van der Waals surface area contributed by atoms with Crippen molar-refractivity contribution in [1.82, 2.24) is 0 Å². The fourth-order valence-corrected chi connectivity index (χ4v) is 10.3. The van der Waals surface area contributed by atoms with Gasteiger partial charge >= 0.3 is 0 Å². The lowest BCUT2D eigenvalue weighted by molar-refractivity contribution is 0.473. The first kappa shape index (κ1) is 36.6. The Kier molecular flexibility index (Phi) is 7.62. The maximum absolute atomic E-state index is 7.13. The molecule has 1 aliphatic heterocycles. The van der Waals surface area contributed by atoms with Gasteiger partial charge < -0.3 is 18.5 Å². The zero-order valence-electron chi connectivity index (χ0n) is 36.1. The van der Waals surface area contributed by atoms with Crippen molar-refractivity contribution < 1.29 is 13.6 Å². The lowest BCUT2D eigenvalue weighted by Crippen LogP contribution is -2.20. The molecule has 0 saturated carbocycles. The molecule has 0 amide bonds. The Morgan fingerprint density at radius 2 is 0.817 bits per heavy atom. The Bertz CT molecular complexity index is 2950. The molecule has 0 spiro atoms. The van der Waals surface area contributed by atoms with Gasteiger partial charge in [0.1, 0.15) is 23.0 Å². The molecule has 6 aromatic carbocycles. The van der Waals surface area contributed by atoms with Gasteiger partial charge in [-0.05, 0) is 168 Å². The van der Waals surface area contributed by atoms with Gasteiger partial charge in [0, 0.05) is 27.6 Å². The summed E-state index contributed by atoms with van der Waals surface area (Å²) in [4.78, 5) is 2.41. The van der Waals surface area contributed by atoms with Crippen LogP contribution >= 0.6 is 0 Å². The first-order valence-electron chi connectivity index (χ1n) is 21.2. The first-order valence-corrected chi connectivity index (χ1v) is 21.2. The standard InChI is InChI=1S/C56H49NO3/c1-30-32(3)53(58-34(30)5)38-18-22-41-43-26-49-51(28-47(43)55(7,8)45(41)24-38)60-52-29-48-44(27-50(52)57(49)40-20-16-37(17-21-40)36-14-12-11-13-15-36)42-23-19-39(25-46(42)56(48,9)10)54-33(4)31(2)35(6)59-54/h11-29H,1-10H3. The van der Waals surface area contributed by atoms with Crippen LogP contribution in [0.4, 0.5) is 17.1 Å². The predicted octanol–water partition coefficient (Wildman–Crippen LogP) is 15.9. The molecule has 296 valence electrons. The van der Waals surface area contributed by atoms with Crippen molar-refractivity contribution in [3.05, 3.63) is 171 Å². The van der Waals surface area contributed by atoms with Crippen LogP contribution in [0, 0.1) is 41.5 Å². The van der Waals surface area contributed by atoms with Crippen LogP contribution in [0.1, 0.15) is 83.7 Å². The smallest absolute Gasteiger partial charge is 0.151 e. The number of hydrogen-bond donors (Lipinski definition) is 0. The molecule has 0 saturated heterocycles. The number of ether oxygens (including phenoxy) is 1. The van der Waals surface area contributed by atoms with Gasteiger partial charge in [0.05, 0.1) is 11.4 Å². The van der Waals surface area contributed by atoms with Gasteiger partial charge in [-0.15, -0.1) is 0 Å². The highest BCUT2D eigenvalue weighted by Crippen LogP contribution is 2.60. The highest BCUT2D eigenvalue weighted by atomic mass is 16.5. The second-order valence-corrected chi connectivity index (χ2v) is 18.3. The van der Waals surface area contributed by atoms with Crippen LogP contribution in [0.25, 0.3) is 56.0 Å². The van der Waals surface area contributed by atoms with Crippen LogP contribution in [-0.2, 0) is 10.8 Å². The highest BCUT2D eigenvalue weighted by Gasteiger charge is 2.42. The van der Waals surface area contributed by atoms with E-state index in [9.17, 15) is 0 Å². The fraction of sp³-hybridized carbons (Fsp3) is 0.214. The molecule has 0 fully saturated rings. The van der Waals surface area contributed by atoms with E-state index in [0.29, 0.717) is 0 Å². The largest absolute Gasteiger partial charge is 0.461 e. The van der Waals surface area contributed by atoms with Crippen molar-refractivity contribution in [3.63, 3.8) is 0 Å². The summed E-state index contributed by atoms with van der Waals surface area (Å²) in [6.07, 6.45) is 0. The lowest BCUT2D eigenvalue weighted by Gasteiger charge is -2.35. The number of benzene rings is 6. The second kappa shape index (κ2) is 12.5. The molecule has 0 bridgehead atoms. The number of aryl methyl sites for hydroxylation is 2. The van der Waals surface area contributed by atoms with Crippen LogP contribution in [0.5, 0.6) is 11.5 Å². The molecular formula is C56H49NO3. The normalized spacial score (nSPS) is 14.9. The maximum Gasteiger partial charge on any atom is 0.151 e. The first-order chi connectivity index (χ1) is 28.7. The van der Waals surface area contributed by atoms with Crippen molar-refractivity contribution in [2.75, 3.05) is 4.90 Å². The third kappa shape index (κ3) is 5.03. The van der Waals surface area contributed by atoms with E-state index in [1.54, 1.807) is 0 Å². The van der Waals surface area contributed by atoms with E-state index in [-0.39, 0.29) is 10.8 Å². The average molecular weight is 784 g/mol. The molecule has 0 atom stereocenters. The van der Waals surface area contributed by atoms with E-state index < -0.39 is 0 Å². The molecule has 60 heavy (non-hydrogen) atoms. The van der Waals surface area contributed by atoms with E-state index in [0.717, 1.165) is 62.7 Å². The Morgan fingerprint density at radius 1 is 0.400 bits per heavy atom. The molecule has 2 aliphatic carbocycles. The molecule has 4 nitrogen and oxygen atoms in total. The topological polar surface area (TPSA) is 38.8 Å². The van der Waals surface area contributed by atoms with Gasteiger partial charge in [0.25, 0.3) is 0 Å². The number of nitrogens with zero attached hydrogens (tertiary/aromatic N) is 1. The Hall–Kier alpha value is -6.52. The van der Waals surface area contributed by atoms with E-state index in [2.05, 4.69) is 189 Å². The fourth-order valence-electron chi connectivity index (χ4n) is 10.3. The number of furan rings is 2. The van der Waals surface area contributed by atoms with Gasteiger partial charge in [-0.2, -0.15) is 0 Å². The molecule has 11 rings (SSSR count). The van der Waals surface area contributed by atoms with Crippen LogP contribution in [-0.4, -0.2) is 0 Å². The van der Waals surface area contributed by atoms with Gasteiger partial charge in [-0.3, -0.25) is 0 Å². The second-order valence-electron chi connectivity index (χ2n) is 18.3. The molecule has 0 unspecified atom stereocenters. The Labute approximate surface area is 353 Å². The van der Waals surface area contributed by atoms with Crippen LogP contribution in [0.3, 0.4) is 0 Å². The minimum absolute atomic E-state index is 0.255. The molecule has 8 aromatic rings. The third-order valence-corrected chi connectivity index (χ3v) is 14.3. The SMILES string of the molecule is Cc1oc(-c2ccc3c(c2)C(C)(C)c2cc4c(cc2-3)N(c2ccc(-c3ccccc3)cc2)c2cc3c(cc2O4)C(C)(C)c2cc(-c4oc(C)c(C)c4C)ccc2-3)c(C)c1C. The molecule has 2 aromatic heterocycles. The number of anilines is 3. The predicted molar refractivity (Wildman–Crippen MR) is 246 cm³/mol. The van der Waals surface area contributed by atoms with Gasteiger partial charge in [0.2, 0.25) is 0 Å². The van der Waals surface area contributed by atoms with E-state index >= 15 is 0 Å². The molecule has 3 aliphatic rings. The number of fused-ring (bicyclic) bond motifs is 8. The van der Waals surface area contributed by atoms with Gasteiger partial charge in [-0.1, -0.05) is 94.4 Å². The zero-order chi connectivity index (χ0) is 41.6.